The summed E-state index contributed by atoms with van der Waals surface area (Å²) in [5.74, 6) is 0. The number of rotatable bonds is 4. The Balaban J connectivity index is 2.06. The molecule has 0 radical (unpaired) electrons. The summed E-state index contributed by atoms with van der Waals surface area (Å²) in [6.45, 7) is 1.38. The van der Waals surface area contributed by atoms with Gasteiger partial charge in [0.25, 0.3) is 0 Å². The lowest BCUT2D eigenvalue weighted by Gasteiger charge is -2.22. The summed E-state index contributed by atoms with van der Waals surface area (Å²) in [5, 5.41) is 0.398. The van der Waals surface area contributed by atoms with Gasteiger partial charge < -0.3 is 15.1 Å². The highest BCUT2D eigenvalue weighted by atomic mass is 32.1. The first-order chi connectivity index (χ1) is 8.25. The molecule has 0 unspecified atom stereocenters. The molecule has 17 heavy (non-hydrogen) atoms. The molecule has 2 N–H and O–H groups in total. The van der Waals surface area contributed by atoms with Crippen LogP contribution in [0.25, 0.3) is 0 Å². The molecular formula is C13H14N2OS. The SMILES string of the molecule is NC(=S)N(Cc1ccccc1)Cc1ccoc1. The van der Waals surface area contributed by atoms with Gasteiger partial charge in [-0.15, -0.1) is 0 Å². The average Bonchev–Trinajstić information content (AvgIpc) is 2.82. The second kappa shape index (κ2) is 5.50. The maximum absolute atomic E-state index is 5.73. The van der Waals surface area contributed by atoms with Crippen molar-refractivity contribution in [3.8, 4) is 0 Å². The van der Waals surface area contributed by atoms with Gasteiger partial charge in [-0.3, -0.25) is 0 Å². The predicted octanol–water partition coefficient (Wildman–Crippen LogP) is 2.53. The van der Waals surface area contributed by atoms with Crippen molar-refractivity contribution in [3.63, 3.8) is 0 Å². The zero-order valence-electron chi connectivity index (χ0n) is 9.37. The lowest BCUT2D eigenvalue weighted by atomic mass is 10.2. The van der Waals surface area contributed by atoms with Crippen LogP contribution < -0.4 is 5.73 Å². The first kappa shape index (κ1) is 11.7. The number of hydrogen-bond donors (Lipinski definition) is 1. The molecule has 0 atom stereocenters. The van der Waals surface area contributed by atoms with E-state index in [0.29, 0.717) is 18.2 Å². The molecule has 0 saturated heterocycles. The molecule has 2 rings (SSSR count). The summed E-state index contributed by atoms with van der Waals surface area (Å²) < 4.78 is 5.03. The Hall–Kier alpha value is -1.81. The Morgan fingerprint density at radius 1 is 1.12 bits per heavy atom. The van der Waals surface area contributed by atoms with Crippen molar-refractivity contribution in [3.05, 3.63) is 60.1 Å². The quantitative estimate of drug-likeness (QED) is 0.842. The van der Waals surface area contributed by atoms with Crippen molar-refractivity contribution in [2.75, 3.05) is 0 Å². The third kappa shape index (κ3) is 3.32. The third-order valence-electron chi connectivity index (χ3n) is 2.48. The van der Waals surface area contributed by atoms with Crippen LogP contribution in [-0.4, -0.2) is 10.0 Å². The summed E-state index contributed by atoms with van der Waals surface area (Å²) >= 11 is 5.06. The van der Waals surface area contributed by atoms with E-state index in [9.17, 15) is 0 Å². The normalized spacial score (nSPS) is 10.1. The van der Waals surface area contributed by atoms with Crippen LogP contribution in [-0.2, 0) is 13.1 Å². The molecule has 0 spiro atoms. The Morgan fingerprint density at radius 2 is 1.82 bits per heavy atom. The first-order valence-electron chi connectivity index (χ1n) is 5.35. The van der Waals surface area contributed by atoms with Gasteiger partial charge in [0, 0.05) is 18.7 Å². The van der Waals surface area contributed by atoms with Crippen molar-refractivity contribution in [2.24, 2.45) is 5.73 Å². The van der Waals surface area contributed by atoms with Crippen molar-refractivity contribution >= 4 is 17.3 Å². The van der Waals surface area contributed by atoms with Gasteiger partial charge in [0.1, 0.15) is 0 Å². The van der Waals surface area contributed by atoms with Crippen LogP contribution in [0, 0.1) is 0 Å². The smallest absolute Gasteiger partial charge is 0.166 e. The molecule has 3 nitrogen and oxygen atoms in total. The maximum atomic E-state index is 5.73. The van der Waals surface area contributed by atoms with E-state index < -0.39 is 0 Å². The molecule has 88 valence electrons. The Morgan fingerprint density at radius 3 is 2.41 bits per heavy atom. The summed E-state index contributed by atoms with van der Waals surface area (Å²) in [7, 11) is 0. The predicted molar refractivity (Wildman–Crippen MR) is 71.2 cm³/mol. The average molecular weight is 246 g/mol. The van der Waals surface area contributed by atoms with Crippen LogP contribution in [0.3, 0.4) is 0 Å². The standard InChI is InChI=1S/C13H14N2OS/c14-13(17)15(9-12-6-7-16-10-12)8-11-4-2-1-3-5-11/h1-7,10H,8-9H2,(H2,14,17). The topological polar surface area (TPSA) is 42.4 Å². The Labute approximate surface area is 106 Å². The number of furan rings is 1. The number of thiocarbonyl (C=S) groups is 1. The van der Waals surface area contributed by atoms with E-state index in [0.717, 1.165) is 5.56 Å². The van der Waals surface area contributed by atoms with Gasteiger partial charge in [0.2, 0.25) is 0 Å². The third-order valence-corrected chi connectivity index (χ3v) is 2.74. The number of hydrogen-bond acceptors (Lipinski definition) is 2. The van der Waals surface area contributed by atoms with Crippen molar-refractivity contribution in [2.45, 2.75) is 13.1 Å². The highest BCUT2D eigenvalue weighted by Crippen LogP contribution is 2.10. The molecule has 1 aromatic carbocycles. The summed E-state index contributed by atoms with van der Waals surface area (Å²) in [6.07, 6.45) is 3.35. The molecule has 0 aliphatic carbocycles. The van der Waals surface area contributed by atoms with Gasteiger partial charge in [-0.1, -0.05) is 30.3 Å². The molecular weight excluding hydrogens is 232 g/mol. The van der Waals surface area contributed by atoms with Gasteiger partial charge in [0.15, 0.2) is 5.11 Å². The summed E-state index contributed by atoms with van der Waals surface area (Å²) in [6, 6.07) is 12.0. The molecule has 0 aliphatic heterocycles. The molecule has 2 aromatic rings. The zero-order valence-corrected chi connectivity index (χ0v) is 10.2. The number of benzene rings is 1. The highest BCUT2D eigenvalue weighted by molar-refractivity contribution is 7.80. The van der Waals surface area contributed by atoms with Crippen molar-refractivity contribution < 1.29 is 4.42 Å². The molecule has 1 heterocycles. The molecule has 0 aliphatic rings. The van der Waals surface area contributed by atoms with Crippen LogP contribution in [0.2, 0.25) is 0 Å². The van der Waals surface area contributed by atoms with Crippen LogP contribution in [0.15, 0.2) is 53.3 Å². The van der Waals surface area contributed by atoms with E-state index in [1.54, 1.807) is 12.5 Å². The van der Waals surface area contributed by atoms with Crippen LogP contribution in [0.1, 0.15) is 11.1 Å². The van der Waals surface area contributed by atoms with Gasteiger partial charge in [-0.25, -0.2) is 0 Å². The van der Waals surface area contributed by atoms with E-state index in [2.05, 4.69) is 12.1 Å². The fraction of sp³-hybridized carbons (Fsp3) is 0.154. The first-order valence-corrected chi connectivity index (χ1v) is 5.76. The lowest BCUT2D eigenvalue weighted by Crippen LogP contribution is -2.34. The second-order valence-electron chi connectivity index (χ2n) is 3.81. The van der Waals surface area contributed by atoms with E-state index in [1.807, 2.05) is 29.2 Å². The van der Waals surface area contributed by atoms with Gasteiger partial charge in [0.05, 0.1) is 12.5 Å². The van der Waals surface area contributed by atoms with Gasteiger partial charge in [-0.05, 0) is 23.8 Å². The monoisotopic (exact) mass is 246 g/mol. The fourth-order valence-electron chi connectivity index (χ4n) is 1.62. The van der Waals surface area contributed by atoms with Crippen LogP contribution in [0.4, 0.5) is 0 Å². The van der Waals surface area contributed by atoms with Gasteiger partial charge in [-0.2, -0.15) is 0 Å². The van der Waals surface area contributed by atoms with Crippen molar-refractivity contribution in [1.29, 1.82) is 0 Å². The van der Waals surface area contributed by atoms with Crippen LogP contribution >= 0.6 is 12.2 Å². The van der Waals surface area contributed by atoms with Gasteiger partial charge >= 0.3 is 0 Å². The molecule has 1 aromatic heterocycles. The van der Waals surface area contributed by atoms with E-state index in [-0.39, 0.29) is 0 Å². The fourth-order valence-corrected chi connectivity index (χ4v) is 1.75. The Kier molecular flexibility index (Phi) is 3.77. The lowest BCUT2D eigenvalue weighted by molar-refractivity contribution is 0.407. The Bertz CT molecular complexity index is 467. The minimum absolute atomic E-state index is 0.398. The maximum Gasteiger partial charge on any atom is 0.166 e. The minimum Gasteiger partial charge on any atom is -0.472 e. The van der Waals surface area contributed by atoms with E-state index in [4.69, 9.17) is 22.4 Å². The summed E-state index contributed by atoms with van der Waals surface area (Å²) in [4.78, 5) is 1.94. The minimum atomic E-state index is 0.398. The second-order valence-corrected chi connectivity index (χ2v) is 4.23. The van der Waals surface area contributed by atoms with E-state index >= 15 is 0 Å². The number of nitrogens with two attached hydrogens (primary N) is 1. The molecule has 0 saturated carbocycles. The largest absolute Gasteiger partial charge is 0.472 e. The highest BCUT2D eigenvalue weighted by Gasteiger charge is 2.08. The number of nitrogens with zero attached hydrogens (tertiary/aromatic N) is 1. The van der Waals surface area contributed by atoms with E-state index in [1.165, 1.54) is 5.56 Å². The zero-order chi connectivity index (χ0) is 12.1. The molecule has 0 fully saturated rings. The molecule has 0 amide bonds. The molecule has 0 bridgehead atoms. The van der Waals surface area contributed by atoms with Crippen LogP contribution in [0.5, 0.6) is 0 Å². The van der Waals surface area contributed by atoms with Crippen molar-refractivity contribution in [1.82, 2.24) is 4.90 Å². The molecule has 4 heteroatoms. The summed E-state index contributed by atoms with van der Waals surface area (Å²) in [5.41, 5.74) is 7.98.